The number of aldehydes is 1. The molecule has 1 atom stereocenters. The number of carbonyl (C=O) groups is 2. The van der Waals surface area contributed by atoms with Crippen molar-refractivity contribution >= 4 is 18.1 Å². The van der Waals surface area contributed by atoms with Crippen LogP contribution in [0.5, 0.6) is 0 Å². The average Bonchev–Trinajstić information content (AvgIpc) is 2.30. The lowest BCUT2D eigenvalue weighted by molar-refractivity contribution is -0.108. The van der Waals surface area contributed by atoms with Gasteiger partial charge in [-0.15, -0.1) is 0 Å². The third-order valence-electron chi connectivity index (χ3n) is 2.78. The van der Waals surface area contributed by atoms with Crippen LogP contribution in [0, 0.1) is 6.92 Å². The molecule has 0 aliphatic rings. The van der Waals surface area contributed by atoms with E-state index in [-0.39, 0.29) is 12.5 Å². The van der Waals surface area contributed by atoms with E-state index in [1.165, 1.54) is 4.90 Å². The van der Waals surface area contributed by atoms with E-state index in [4.69, 9.17) is 4.74 Å². The normalized spacial score (nSPS) is 12.7. The molecule has 1 amide bonds. The summed E-state index contributed by atoms with van der Waals surface area (Å²) in [7, 11) is 0. The van der Waals surface area contributed by atoms with Crippen LogP contribution < -0.4 is 4.90 Å². The maximum absolute atomic E-state index is 12.3. The van der Waals surface area contributed by atoms with Gasteiger partial charge in [0.25, 0.3) is 0 Å². The van der Waals surface area contributed by atoms with Crippen LogP contribution in [0.3, 0.4) is 0 Å². The number of carbonyl (C=O) groups excluding carboxylic acids is 2. The number of hydrogen-bond donors (Lipinski definition) is 0. The van der Waals surface area contributed by atoms with Gasteiger partial charge in [0.15, 0.2) is 0 Å². The molecule has 110 valence electrons. The SMILES string of the molecule is Cc1ccc(N(C(=O)OC(C)(C)C)C(C)CC=O)cc1. The Kier molecular flexibility index (Phi) is 5.31. The molecule has 0 heterocycles. The van der Waals surface area contributed by atoms with Crippen LogP contribution in [-0.4, -0.2) is 24.0 Å². The number of nitrogens with zero attached hydrogens (tertiary/aromatic N) is 1. The Morgan fingerprint density at radius 3 is 2.30 bits per heavy atom. The van der Waals surface area contributed by atoms with Crippen LogP contribution >= 0.6 is 0 Å². The topological polar surface area (TPSA) is 46.6 Å². The lowest BCUT2D eigenvalue weighted by atomic mass is 10.1. The summed E-state index contributed by atoms with van der Waals surface area (Å²) < 4.78 is 5.42. The molecular formula is C16H23NO3. The molecule has 4 nitrogen and oxygen atoms in total. The van der Waals surface area contributed by atoms with Crippen molar-refractivity contribution in [3.05, 3.63) is 29.8 Å². The van der Waals surface area contributed by atoms with Gasteiger partial charge < -0.3 is 9.53 Å². The summed E-state index contributed by atoms with van der Waals surface area (Å²) in [5.41, 5.74) is 1.28. The number of hydrogen-bond acceptors (Lipinski definition) is 3. The molecule has 1 aromatic carbocycles. The lowest BCUT2D eigenvalue weighted by Crippen LogP contribution is -2.42. The number of ether oxygens (including phenoxy) is 1. The van der Waals surface area contributed by atoms with Crippen molar-refractivity contribution in [3.8, 4) is 0 Å². The summed E-state index contributed by atoms with van der Waals surface area (Å²) in [6.45, 7) is 9.28. The molecule has 0 aliphatic heterocycles. The molecule has 0 aromatic heterocycles. The third-order valence-corrected chi connectivity index (χ3v) is 2.78. The summed E-state index contributed by atoms with van der Waals surface area (Å²) in [6, 6.07) is 7.34. The minimum Gasteiger partial charge on any atom is -0.443 e. The predicted octanol–water partition coefficient (Wildman–Crippen LogP) is 3.71. The van der Waals surface area contributed by atoms with E-state index in [0.29, 0.717) is 0 Å². The zero-order chi connectivity index (χ0) is 15.3. The van der Waals surface area contributed by atoms with Crippen LogP contribution in [0.2, 0.25) is 0 Å². The fourth-order valence-corrected chi connectivity index (χ4v) is 1.80. The van der Waals surface area contributed by atoms with Gasteiger partial charge in [0.1, 0.15) is 11.9 Å². The number of anilines is 1. The molecule has 0 radical (unpaired) electrons. The molecule has 0 fully saturated rings. The number of amides is 1. The largest absolute Gasteiger partial charge is 0.443 e. The summed E-state index contributed by atoms with van der Waals surface area (Å²) in [5.74, 6) is 0. The highest BCUT2D eigenvalue weighted by molar-refractivity contribution is 5.89. The zero-order valence-corrected chi connectivity index (χ0v) is 12.8. The van der Waals surface area contributed by atoms with Crippen molar-refractivity contribution in [2.45, 2.75) is 52.7 Å². The molecule has 0 aliphatic carbocycles. The molecule has 1 unspecified atom stereocenters. The maximum atomic E-state index is 12.3. The van der Waals surface area contributed by atoms with E-state index in [1.807, 2.05) is 58.9 Å². The number of rotatable bonds is 4. The van der Waals surface area contributed by atoms with Gasteiger partial charge in [-0.1, -0.05) is 17.7 Å². The molecule has 20 heavy (non-hydrogen) atoms. The molecule has 0 bridgehead atoms. The third kappa shape index (κ3) is 4.68. The van der Waals surface area contributed by atoms with Gasteiger partial charge in [-0.05, 0) is 46.8 Å². The van der Waals surface area contributed by atoms with Crippen LogP contribution in [-0.2, 0) is 9.53 Å². The molecule has 4 heteroatoms. The highest BCUT2D eigenvalue weighted by Crippen LogP contribution is 2.22. The minimum atomic E-state index is -0.569. The first kappa shape index (κ1) is 16.2. The number of aryl methyl sites for hydroxylation is 1. The summed E-state index contributed by atoms with van der Waals surface area (Å²) in [6.07, 6.45) is 0.652. The summed E-state index contributed by atoms with van der Waals surface area (Å²) in [5, 5.41) is 0. The monoisotopic (exact) mass is 277 g/mol. The van der Waals surface area contributed by atoms with Crippen molar-refractivity contribution in [1.29, 1.82) is 0 Å². The van der Waals surface area contributed by atoms with Crippen molar-refractivity contribution in [2.75, 3.05) is 4.90 Å². The Morgan fingerprint density at radius 2 is 1.85 bits per heavy atom. The highest BCUT2D eigenvalue weighted by Gasteiger charge is 2.27. The summed E-state index contributed by atoms with van der Waals surface area (Å²) in [4.78, 5) is 24.6. The van der Waals surface area contributed by atoms with Crippen molar-refractivity contribution in [1.82, 2.24) is 0 Å². The maximum Gasteiger partial charge on any atom is 0.415 e. The first-order valence-electron chi connectivity index (χ1n) is 6.77. The number of benzene rings is 1. The van der Waals surface area contributed by atoms with Crippen LogP contribution in [0.1, 0.15) is 39.7 Å². The van der Waals surface area contributed by atoms with Gasteiger partial charge in [-0.2, -0.15) is 0 Å². The highest BCUT2D eigenvalue weighted by atomic mass is 16.6. The second-order valence-electron chi connectivity index (χ2n) is 5.94. The Morgan fingerprint density at radius 1 is 1.30 bits per heavy atom. The average molecular weight is 277 g/mol. The Labute approximate surface area is 120 Å². The predicted molar refractivity (Wildman–Crippen MR) is 80.0 cm³/mol. The van der Waals surface area contributed by atoms with Crippen molar-refractivity contribution < 1.29 is 14.3 Å². The Bertz CT molecular complexity index is 460. The van der Waals surface area contributed by atoms with Gasteiger partial charge in [0, 0.05) is 18.2 Å². The van der Waals surface area contributed by atoms with Crippen molar-refractivity contribution in [2.24, 2.45) is 0 Å². The quantitative estimate of drug-likeness (QED) is 0.788. The fourth-order valence-electron chi connectivity index (χ4n) is 1.80. The minimum absolute atomic E-state index is 0.245. The van der Waals surface area contributed by atoms with Crippen LogP contribution in [0.15, 0.2) is 24.3 Å². The smallest absolute Gasteiger partial charge is 0.415 e. The lowest BCUT2D eigenvalue weighted by Gasteiger charge is -2.31. The van der Waals surface area contributed by atoms with Crippen LogP contribution in [0.4, 0.5) is 10.5 Å². The zero-order valence-electron chi connectivity index (χ0n) is 12.8. The second-order valence-corrected chi connectivity index (χ2v) is 5.94. The van der Waals surface area contributed by atoms with Gasteiger partial charge in [0.05, 0.1) is 0 Å². The van der Waals surface area contributed by atoms with Gasteiger partial charge in [-0.25, -0.2) is 4.79 Å². The molecule has 0 spiro atoms. The Balaban J connectivity index is 3.04. The molecule has 0 saturated carbocycles. The van der Waals surface area contributed by atoms with E-state index in [0.717, 1.165) is 17.5 Å². The summed E-state index contributed by atoms with van der Waals surface area (Å²) >= 11 is 0. The first-order chi connectivity index (χ1) is 9.24. The van der Waals surface area contributed by atoms with Gasteiger partial charge >= 0.3 is 6.09 Å². The molecule has 1 aromatic rings. The van der Waals surface area contributed by atoms with E-state index in [2.05, 4.69) is 0 Å². The molecule has 1 rings (SSSR count). The standard InChI is InChI=1S/C16H23NO3/c1-12-6-8-14(9-7-12)17(13(2)10-11-18)15(19)20-16(3,4)5/h6-9,11,13H,10H2,1-5H3. The van der Waals surface area contributed by atoms with Gasteiger partial charge in [0.2, 0.25) is 0 Å². The van der Waals surface area contributed by atoms with E-state index in [9.17, 15) is 9.59 Å². The Hall–Kier alpha value is -1.84. The first-order valence-corrected chi connectivity index (χ1v) is 6.77. The van der Waals surface area contributed by atoms with Crippen molar-refractivity contribution in [3.63, 3.8) is 0 Å². The van der Waals surface area contributed by atoms with Gasteiger partial charge in [-0.3, -0.25) is 4.90 Å². The van der Waals surface area contributed by atoms with E-state index in [1.54, 1.807) is 0 Å². The molecular weight excluding hydrogens is 254 g/mol. The van der Waals surface area contributed by atoms with E-state index >= 15 is 0 Å². The molecule has 0 saturated heterocycles. The van der Waals surface area contributed by atoms with Crippen LogP contribution in [0.25, 0.3) is 0 Å². The van der Waals surface area contributed by atoms with E-state index < -0.39 is 11.7 Å². The molecule has 0 N–H and O–H groups in total. The second kappa shape index (κ2) is 6.55. The fraction of sp³-hybridized carbons (Fsp3) is 0.500.